The Balaban J connectivity index is 1.65. The first-order valence-electron chi connectivity index (χ1n) is 30.3. The summed E-state index contributed by atoms with van der Waals surface area (Å²) in [6.07, 6.45) is 2.10. The molecule has 10 atom stereocenters. The number of carboxylic acids is 2. The molecule has 0 aliphatic rings. The van der Waals surface area contributed by atoms with E-state index in [1.54, 1.807) is 102 Å². The Bertz CT molecular complexity index is 3190. The fourth-order valence-corrected chi connectivity index (χ4v) is 9.71. The van der Waals surface area contributed by atoms with Crippen molar-refractivity contribution in [1.29, 1.82) is 5.41 Å². The number of para-hydroxylation sites is 1. The maximum Gasteiger partial charge on any atom is 0.305 e. The summed E-state index contributed by atoms with van der Waals surface area (Å²) in [5, 5.41) is 53.6. The lowest BCUT2D eigenvalue weighted by atomic mass is 9.98. The van der Waals surface area contributed by atoms with Crippen LogP contribution < -0.4 is 70.4 Å². The number of aromatic amines is 2. The number of carbonyl (C=O) groups is 12. The van der Waals surface area contributed by atoms with Crippen LogP contribution in [0.15, 0.2) is 73.3 Å². The smallest absolute Gasteiger partial charge is 0.305 e. The van der Waals surface area contributed by atoms with Gasteiger partial charge in [0.05, 0.1) is 24.5 Å². The number of carboxylic acid groups (broad SMARTS) is 2. The molecule has 0 radical (unpaired) electrons. The van der Waals surface area contributed by atoms with Crippen molar-refractivity contribution < 1.29 is 67.7 Å². The number of benzene rings is 2. The van der Waals surface area contributed by atoms with Gasteiger partial charge in [-0.15, -0.1) is 0 Å². The Morgan fingerprint density at radius 2 is 1.04 bits per heavy atom. The molecule has 2 aromatic carbocycles. The first kappa shape index (κ1) is 74.5. The van der Waals surface area contributed by atoms with Gasteiger partial charge in [0, 0.05) is 55.5 Å². The number of rotatable bonds is 39. The average molecular weight is 1280 g/mol. The minimum Gasteiger partial charge on any atom is -0.481 e. The molecule has 502 valence electrons. The molecule has 4 aromatic rings. The molecule has 31 heteroatoms. The van der Waals surface area contributed by atoms with Crippen LogP contribution in [0.2, 0.25) is 0 Å². The molecule has 10 amide bonds. The molecule has 0 saturated carbocycles. The zero-order chi connectivity index (χ0) is 68.4. The number of primary amides is 1. The summed E-state index contributed by atoms with van der Waals surface area (Å²) in [5.41, 5.74) is 19.0. The van der Waals surface area contributed by atoms with E-state index in [9.17, 15) is 67.7 Å². The molecule has 4 rings (SSSR count). The molecular weight excluding hydrogens is 1190 g/mol. The lowest BCUT2D eigenvalue weighted by molar-refractivity contribution is -0.141. The van der Waals surface area contributed by atoms with Gasteiger partial charge in [0.1, 0.15) is 54.4 Å². The number of aromatic nitrogens is 3. The zero-order valence-electron chi connectivity index (χ0n) is 52.7. The van der Waals surface area contributed by atoms with Crippen molar-refractivity contribution in [3.8, 4) is 0 Å². The van der Waals surface area contributed by atoms with Gasteiger partial charge >= 0.3 is 11.9 Å². The van der Waals surface area contributed by atoms with E-state index in [1.165, 1.54) is 19.4 Å². The van der Waals surface area contributed by atoms with Gasteiger partial charge in [-0.2, -0.15) is 0 Å². The zero-order valence-corrected chi connectivity index (χ0v) is 52.7. The van der Waals surface area contributed by atoms with E-state index < -0.39 is 157 Å². The van der Waals surface area contributed by atoms with Crippen LogP contribution in [0.5, 0.6) is 0 Å². The van der Waals surface area contributed by atoms with Gasteiger partial charge < -0.3 is 90.5 Å². The molecule has 0 aliphatic carbocycles. The molecule has 0 fully saturated rings. The molecule has 31 nitrogen and oxygen atoms in total. The van der Waals surface area contributed by atoms with Crippen LogP contribution in [0.1, 0.15) is 110 Å². The van der Waals surface area contributed by atoms with Crippen LogP contribution in [0.25, 0.3) is 10.9 Å². The van der Waals surface area contributed by atoms with Gasteiger partial charge in [0.25, 0.3) is 0 Å². The Labute approximate surface area is 532 Å². The number of hydrogen-bond donors (Lipinski definition) is 18. The van der Waals surface area contributed by atoms with E-state index in [4.69, 9.17) is 22.6 Å². The molecule has 0 unspecified atom stereocenters. The van der Waals surface area contributed by atoms with Crippen molar-refractivity contribution in [2.45, 2.75) is 173 Å². The van der Waals surface area contributed by atoms with Gasteiger partial charge in [0.15, 0.2) is 5.96 Å². The number of guanidine groups is 1. The molecule has 0 bridgehead atoms. The van der Waals surface area contributed by atoms with Crippen molar-refractivity contribution in [1.82, 2.24) is 68.1 Å². The summed E-state index contributed by atoms with van der Waals surface area (Å²) in [5.74, 6) is -13.5. The SMILES string of the molecule is CC(C)C[C@H](NC(=O)[C@H](CC(C)C)NC(=O)[C@H](Cc1c[nH]c2ccccc12)NC(=O)[C@H](CCC(=O)O)NC(=O)[C@@H](NC(=O)[C@H](Cc1ccccc1)NC(=O)[C@H](CC(=O)O)NC(=O)[C@@H](N)Cc1c[nH]cn1)C(C)C)C(=O)N[C@@H](CCCNC(=N)N)C(=O)N[C@@H](C)C(N)=O. The number of H-pyrrole nitrogens is 2. The predicted molar refractivity (Wildman–Crippen MR) is 337 cm³/mol. The van der Waals surface area contributed by atoms with Gasteiger partial charge in [-0.1, -0.05) is 90.1 Å². The number of imidazole rings is 1. The number of aliphatic carboxylic acids is 2. The van der Waals surface area contributed by atoms with E-state index in [1.807, 2.05) is 0 Å². The van der Waals surface area contributed by atoms with E-state index in [2.05, 4.69) is 68.1 Å². The highest BCUT2D eigenvalue weighted by Gasteiger charge is 2.37. The Kier molecular flexibility index (Phi) is 29.7. The summed E-state index contributed by atoms with van der Waals surface area (Å²) in [6, 6.07) is 1.09. The van der Waals surface area contributed by atoms with Crippen LogP contribution in [0.4, 0.5) is 0 Å². The van der Waals surface area contributed by atoms with Crippen LogP contribution in [0.3, 0.4) is 0 Å². The Morgan fingerprint density at radius 1 is 0.543 bits per heavy atom. The van der Waals surface area contributed by atoms with Gasteiger partial charge in [0.2, 0.25) is 59.1 Å². The number of fused-ring (bicyclic) bond motifs is 1. The third kappa shape index (κ3) is 25.1. The summed E-state index contributed by atoms with van der Waals surface area (Å²) in [7, 11) is 0. The maximum absolute atomic E-state index is 14.9. The van der Waals surface area contributed by atoms with E-state index in [0.717, 1.165) is 0 Å². The Morgan fingerprint density at radius 3 is 1.60 bits per heavy atom. The molecule has 92 heavy (non-hydrogen) atoms. The monoisotopic (exact) mass is 1280 g/mol. The quantitative estimate of drug-likeness (QED) is 0.0137. The fraction of sp³-hybridized carbons (Fsp3) is 0.508. The van der Waals surface area contributed by atoms with Crippen molar-refractivity contribution in [3.63, 3.8) is 0 Å². The summed E-state index contributed by atoms with van der Waals surface area (Å²) in [4.78, 5) is 174. The van der Waals surface area contributed by atoms with Crippen LogP contribution in [0, 0.1) is 23.2 Å². The summed E-state index contributed by atoms with van der Waals surface area (Å²) >= 11 is 0. The van der Waals surface area contributed by atoms with Crippen LogP contribution in [-0.4, -0.2) is 169 Å². The summed E-state index contributed by atoms with van der Waals surface area (Å²) < 4.78 is 0. The number of carbonyl (C=O) groups excluding carboxylic acids is 10. The second kappa shape index (κ2) is 36.7. The van der Waals surface area contributed by atoms with Crippen molar-refractivity contribution in [3.05, 3.63) is 90.1 Å². The molecule has 21 N–H and O–H groups in total. The van der Waals surface area contributed by atoms with Crippen molar-refractivity contribution in [2.75, 3.05) is 6.54 Å². The fourth-order valence-electron chi connectivity index (χ4n) is 9.71. The van der Waals surface area contributed by atoms with Gasteiger partial charge in [-0.3, -0.25) is 62.9 Å². The van der Waals surface area contributed by atoms with Crippen molar-refractivity contribution in [2.24, 2.45) is 35.0 Å². The van der Waals surface area contributed by atoms with Crippen LogP contribution in [-0.2, 0) is 76.8 Å². The lowest BCUT2D eigenvalue weighted by Crippen LogP contribution is -2.61. The molecule has 2 heterocycles. The number of nitrogens with two attached hydrogens (primary N) is 3. The lowest BCUT2D eigenvalue weighted by Gasteiger charge is -2.29. The average Bonchev–Trinajstić information content (AvgIpc) is 1.67. The van der Waals surface area contributed by atoms with Gasteiger partial charge in [-0.05, 0) is 74.0 Å². The third-order valence-electron chi connectivity index (χ3n) is 14.6. The number of hydrogen-bond acceptors (Lipinski definition) is 15. The standard InChI is InChI=1S/C61H89N17O14/c1-31(2)22-43(55(87)71-41(18-13-21-67-61(64)65)53(85)70-34(7)51(63)83)74-56(88)44(23-32(3)4)75-57(89)46(25-36-28-68-40-17-12-11-16-38(36)40)77-54(86)42(19-20-48(79)80)72-60(92)50(33(5)6)78-59(91)45(24-35-14-9-8-10-15-35)76-58(90)47(27-49(81)82)73-52(84)39(62)26-37-29-66-30-69-37/h8-12,14-17,28-34,39,41-47,50,68H,13,18-27,62H2,1-7H3,(H2,63,83)(H,66,69)(H,70,85)(H,71,87)(H,72,92)(H,73,84)(H,74,88)(H,75,89)(H,76,90)(H,77,86)(H,78,91)(H,79,80)(H,81,82)(H4,64,65,67)/t34-,39-,41-,42-,43-,44-,45-,46-,47-,50-/m0/s1. The minimum atomic E-state index is -1.74. The molecular formula is C61H89N17O14. The van der Waals surface area contributed by atoms with Crippen molar-refractivity contribution >= 4 is 87.9 Å². The molecule has 0 aliphatic heterocycles. The van der Waals surface area contributed by atoms with E-state index in [-0.39, 0.29) is 69.3 Å². The normalized spacial score (nSPS) is 14.5. The highest BCUT2D eigenvalue weighted by atomic mass is 16.4. The minimum absolute atomic E-state index is 0.00256. The number of nitrogens with zero attached hydrogens (tertiary/aromatic N) is 1. The molecule has 0 spiro atoms. The molecule has 2 aromatic heterocycles. The second-order valence-corrected chi connectivity index (χ2v) is 23.7. The summed E-state index contributed by atoms with van der Waals surface area (Å²) in [6.45, 7) is 11.7. The highest BCUT2D eigenvalue weighted by Crippen LogP contribution is 2.21. The first-order chi connectivity index (χ1) is 43.4. The number of amides is 10. The topological polar surface area (TPSA) is 512 Å². The second-order valence-electron chi connectivity index (χ2n) is 23.7. The Hall–Kier alpha value is -9.94. The predicted octanol–water partition coefficient (Wildman–Crippen LogP) is -1.53. The van der Waals surface area contributed by atoms with Gasteiger partial charge in [-0.25, -0.2) is 4.98 Å². The largest absolute Gasteiger partial charge is 0.481 e. The van der Waals surface area contributed by atoms with E-state index in [0.29, 0.717) is 27.7 Å². The first-order valence-corrected chi connectivity index (χ1v) is 30.3. The number of nitrogens with one attached hydrogen (secondary N) is 13. The molecule has 0 saturated heterocycles. The highest BCUT2D eigenvalue weighted by molar-refractivity contribution is 6.00. The third-order valence-corrected chi connectivity index (χ3v) is 14.6. The maximum atomic E-state index is 14.9. The van der Waals surface area contributed by atoms with E-state index >= 15 is 0 Å². The van der Waals surface area contributed by atoms with Crippen LogP contribution >= 0.6 is 0 Å².